The van der Waals surface area contributed by atoms with E-state index in [9.17, 15) is 33.9 Å². The van der Waals surface area contributed by atoms with Gasteiger partial charge in [0.1, 0.15) is 29.9 Å². The SMILES string of the molecule is CSCC[C@H](NC(=O)c1ccccc1OC(C)=O)C(=O)N[C@@H](CC(C)C)C(=O)N[C@@H](Cc1ccccc1)C(=O)N[C@@H](Cc1ccccc1)C(=O)O. The summed E-state index contributed by atoms with van der Waals surface area (Å²) < 4.78 is 5.17. The van der Waals surface area contributed by atoms with Gasteiger partial charge in [0.25, 0.3) is 5.91 Å². The minimum Gasteiger partial charge on any atom is -0.480 e. The molecule has 51 heavy (non-hydrogen) atoms. The second kappa shape index (κ2) is 20.5. The third kappa shape index (κ3) is 13.6. The van der Waals surface area contributed by atoms with Gasteiger partial charge in [-0.25, -0.2) is 4.79 Å². The molecule has 13 heteroatoms. The van der Waals surface area contributed by atoms with Crippen molar-refractivity contribution in [2.45, 2.75) is 70.6 Å². The molecule has 0 spiro atoms. The normalized spacial score (nSPS) is 13.2. The monoisotopic (exact) mass is 718 g/mol. The molecule has 4 atom stereocenters. The lowest BCUT2D eigenvalue weighted by Gasteiger charge is -2.27. The topological polar surface area (TPSA) is 180 Å². The van der Waals surface area contributed by atoms with E-state index >= 15 is 0 Å². The summed E-state index contributed by atoms with van der Waals surface area (Å²) in [5.41, 5.74) is 1.51. The summed E-state index contributed by atoms with van der Waals surface area (Å²) >= 11 is 1.47. The Morgan fingerprint density at radius 3 is 1.71 bits per heavy atom. The zero-order valence-electron chi connectivity index (χ0n) is 29.2. The van der Waals surface area contributed by atoms with E-state index in [1.165, 1.54) is 30.8 Å². The Morgan fingerprint density at radius 1 is 0.667 bits per heavy atom. The number of amides is 4. The lowest BCUT2D eigenvalue weighted by Crippen LogP contribution is -2.58. The summed E-state index contributed by atoms with van der Waals surface area (Å²) in [6.07, 6.45) is 2.40. The second-order valence-electron chi connectivity index (χ2n) is 12.4. The molecule has 12 nitrogen and oxygen atoms in total. The van der Waals surface area contributed by atoms with Crippen molar-refractivity contribution in [3.8, 4) is 5.75 Å². The van der Waals surface area contributed by atoms with Crippen LogP contribution >= 0.6 is 11.8 Å². The van der Waals surface area contributed by atoms with Crippen LogP contribution in [0.3, 0.4) is 0 Å². The molecule has 0 fully saturated rings. The summed E-state index contributed by atoms with van der Waals surface area (Å²) in [7, 11) is 0. The van der Waals surface area contributed by atoms with Gasteiger partial charge in [0.05, 0.1) is 5.56 Å². The van der Waals surface area contributed by atoms with Gasteiger partial charge in [0.15, 0.2) is 0 Å². The van der Waals surface area contributed by atoms with E-state index in [2.05, 4.69) is 21.3 Å². The van der Waals surface area contributed by atoms with E-state index < -0.39 is 59.7 Å². The molecule has 0 unspecified atom stereocenters. The van der Waals surface area contributed by atoms with Crippen molar-refractivity contribution in [2.24, 2.45) is 5.92 Å². The highest BCUT2D eigenvalue weighted by Gasteiger charge is 2.32. The molecule has 272 valence electrons. The van der Waals surface area contributed by atoms with Crippen molar-refractivity contribution in [2.75, 3.05) is 12.0 Å². The van der Waals surface area contributed by atoms with Crippen molar-refractivity contribution in [3.63, 3.8) is 0 Å². The largest absolute Gasteiger partial charge is 0.480 e. The molecule has 0 aromatic heterocycles. The molecule has 0 aliphatic carbocycles. The first-order valence-electron chi connectivity index (χ1n) is 16.7. The zero-order chi connectivity index (χ0) is 37.3. The summed E-state index contributed by atoms with van der Waals surface area (Å²) in [5, 5.41) is 20.8. The molecule has 0 saturated carbocycles. The van der Waals surface area contributed by atoms with Crippen LogP contribution in [0.1, 0.15) is 55.1 Å². The zero-order valence-corrected chi connectivity index (χ0v) is 30.0. The number of aliphatic carboxylic acids is 1. The fourth-order valence-electron chi connectivity index (χ4n) is 5.27. The van der Waals surface area contributed by atoms with Crippen LogP contribution in [0, 0.1) is 5.92 Å². The molecular formula is C38H46N4O8S. The molecule has 0 heterocycles. The highest BCUT2D eigenvalue weighted by Crippen LogP contribution is 2.19. The number of benzene rings is 3. The molecule has 4 amide bonds. The van der Waals surface area contributed by atoms with Gasteiger partial charge in [-0.2, -0.15) is 11.8 Å². The predicted molar refractivity (Wildman–Crippen MR) is 195 cm³/mol. The highest BCUT2D eigenvalue weighted by atomic mass is 32.2. The van der Waals surface area contributed by atoms with Crippen LogP contribution in [0.25, 0.3) is 0 Å². The molecule has 3 aromatic carbocycles. The molecule has 0 aliphatic heterocycles. The van der Waals surface area contributed by atoms with Crippen molar-refractivity contribution in [1.29, 1.82) is 0 Å². The predicted octanol–water partition coefficient (Wildman–Crippen LogP) is 3.53. The second-order valence-corrected chi connectivity index (χ2v) is 13.4. The van der Waals surface area contributed by atoms with Gasteiger partial charge in [0, 0.05) is 19.8 Å². The first-order chi connectivity index (χ1) is 24.4. The minimum absolute atomic E-state index is 0.0362. The van der Waals surface area contributed by atoms with E-state index in [0.717, 1.165) is 5.56 Å². The van der Waals surface area contributed by atoms with Crippen molar-refractivity contribution in [3.05, 3.63) is 102 Å². The minimum atomic E-state index is -1.26. The van der Waals surface area contributed by atoms with Crippen LogP contribution in [-0.4, -0.2) is 76.8 Å². The fourth-order valence-corrected chi connectivity index (χ4v) is 5.74. The molecule has 0 bridgehead atoms. The Balaban J connectivity index is 1.83. The lowest BCUT2D eigenvalue weighted by molar-refractivity contribution is -0.142. The summed E-state index contributed by atoms with van der Waals surface area (Å²) in [6.45, 7) is 4.97. The Labute approximate surface area is 302 Å². The van der Waals surface area contributed by atoms with Crippen LogP contribution in [0.5, 0.6) is 5.75 Å². The number of nitrogens with one attached hydrogen (secondary N) is 4. The van der Waals surface area contributed by atoms with Gasteiger partial charge in [-0.1, -0.05) is 86.6 Å². The third-order valence-corrected chi connectivity index (χ3v) is 8.41. The number of hydrogen-bond donors (Lipinski definition) is 5. The van der Waals surface area contributed by atoms with E-state index in [1.807, 2.05) is 26.2 Å². The van der Waals surface area contributed by atoms with Crippen LogP contribution < -0.4 is 26.0 Å². The first-order valence-corrected chi connectivity index (χ1v) is 18.1. The van der Waals surface area contributed by atoms with Gasteiger partial charge in [0.2, 0.25) is 17.7 Å². The number of carbonyl (C=O) groups excluding carboxylic acids is 5. The average molecular weight is 719 g/mol. The molecule has 0 aliphatic rings. The number of ether oxygens (including phenoxy) is 1. The fraction of sp³-hybridized carbons (Fsp3) is 0.368. The van der Waals surface area contributed by atoms with Crippen molar-refractivity contribution >= 4 is 47.3 Å². The molecule has 5 N–H and O–H groups in total. The van der Waals surface area contributed by atoms with Gasteiger partial charge >= 0.3 is 11.9 Å². The van der Waals surface area contributed by atoms with Gasteiger partial charge in [-0.3, -0.25) is 24.0 Å². The Bertz CT molecular complexity index is 1640. The standard InChI is InChI=1S/C38H46N4O8S/c1-24(2)21-30(40-35(45)29(19-20-51-4)39-34(44)28-17-11-12-18-33(28)50-25(3)43)36(46)41-31(22-26-13-7-5-8-14-26)37(47)42-32(38(48)49)23-27-15-9-6-10-16-27/h5-18,24,29-32H,19-23H2,1-4H3,(H,39,44)(H,40,45)(H,41,46)(H,42,47)(H,48,49)/t29-,30-,31-,32-/m0/s1. The molecule has 0 saturated heterocycles. The quantitative estimate of drug-likeness (QED) is 0.0916. The van der Waals surface area contributed by atoms with Gasteiger partial charge in [-0.15, -0.1) is 0 Å². The van der Waals surface area contributed by atoms with Crippen LogP contribution in [0.2, 0.25) is 0 Å². The van der Waals surface area contributed by atoms with Crippen LogP contribution in [0.4, 0.5) is 0 Å². The Kier molecular flexibility index (Phi) is 16.2. The number of hydrogen-bond acceptors (Lipinski definition) is 8. The number of para-hydroxylation sites is 1. The van der Waals surface area contributed by atoms with Crippen molar-refractivity contribution in [1.82, 2.24) is 21.3 Å². The number of carboxylic acids is 1. The maximum absolute atomic E-state index is 13.9. The third-order valence-electron chi connectivity index (χ3n) is 7.77. The number of carboxylic acid groups (broad SMARTS) is 1. The lowest BCUT2D eigenvalue weighted by atomic mass is 10.00. The molecule has 3 aromatic rings. The maximum Gasteiger partial charge on any atom is 0.326 e. The van der Waals surface area contributed by atoms with E-state index in [-0.39, 0.29) is 42.9 Å². The summed E-state index contributed by atoms with van der Waals surface area (Å²) in [5.74, 6) is -3.92. The van der Waals surface area contributed by atoms with Crippen LogP contribution in [0.15, 0.2) is 84.9 Å². The highest BCUT2D eigenvalue weighted by molar-refractivity contribution is 7.98. The molecule has 3 rings (SSSR count). The maximum atomic E-state index is 13.9. The van der Waals surface area contributed by atoms with E-state index in [4.69, 9.17) is 4.74 Å². The van der Waals surface area contributed by atoms with E-state index in [1.54, 1.807) is 66.7 Å². The Hall–Kier alpha value is -5.17. The molecule has 0 radical (unpaired) electrons. The number of thioether (sulfide) groups is 1. The summed E-state index contributed by atoms with van der Waals surface area (Å²) in [6, 6.07) is 19.4. The first kappa shape index (κ1) is 40.3. The van der Waals surface area contributed by atoms with E-state index in [0.29, 0.717) is 11.3 Å². The number of esters is 1. The Morgan fingerprint density at radius 2 is 1.16 bits per heavy atom. The van der Waals surface area contributed by atoms with Gasteiger partial charge < -0.3 is 31.1 Å². The summed E-state index contributed by atoms with van der Waals surface area (Å²) in [4.78, 5) is 78.4. The van der Waals surface area contributed by atoms with Gasteiger partial charge in [-0.05, 0) is 54.0 Å². The average Bonchev–Trinajstić information content (AvgIpc) is 3.09. The number of rotatable bonds is 19. The smallest absolute Gasteiger partial charge is 0.326 e. The molecular weight excluding hydrogens is 673 g/mol. The number of carbonyl (C=O) groups is 6. The van der Waals surface area contributed by atoms with Crippen molar-refractivity contribution < 1.29 is 38.6 Å². The van der Waals surface area contributed by atoms with Crippen LogP contribution in [-0.2, 0) is 36.8 Å².